The first-order valence-corrected chi connectivity index (χ1v) is 11.0. The number of anilines is 1. The number of amides is 1. The normalized spacial score (nSPS) is 18.2. The van der Waals surface area contributed by atoms with Crippen LogP contribution in [0.1, 0.15) is 30.4 Å². The molecule has 1 aliphatic rings. The minimum Gasteiger partial charge on any atom is -0.452 e. The minimum atomic E-state index is -5.08. The van der Waals surface area contributed by atoms with Gasteiger partial charge in [-0.05, 0) is 12.5 Å². The lowest BCUT2D eigenvalue weighted by Gasteiger charge is -2.20. The molecule has 0 unspecified atom stereocenters. The summed E-state index contributed by atoms with van der Waals surface area (Å²) < 4.78 is 76.7. The summed E-state index contributed by atoms with van der Waals surface area (Å²) in [6.07, 6.45) is -2.71. The van der Waals surface area contributed by atoms with Crippen LogP contribution >= 0.6 is 0 Å². The first-order chi connectivity index (χ1) is 17.5. The fourth-order valence-corrected chi connectivity index (χ4v) is 3.99. The van der Waals surface area contributed by atoms with Crippen LogP contribution in [0, 0.1) is 5.82 Å². The van der Waals surface area contributed by atoms with Crippen LogP contribution < -0.4 is 11.1 Å². The van der Waals surface area contributed by atoms with E-state index >= 15 is 4.39 Å². The highest BCUT2D eigenvalue weighted by atomic mass is 19.4. The van der Waals surface area contributed by atoms with Crippen LogP contribution in [0.3, 0.4) is 0 Å². The third kappa shape index (κ3) is 4.34. The second kappa shape index (κ2) is 8.76. The number of nitrogens with two attached hydrogens (primary N) is 1. The van der Waals surface area contributed by atoms with Gasteiger partial charge in [-0.1, -0.05) is 6.92 Å². The third-order valence-electron chi connectivity index (χ3n) is 5.95. The molecule has 10 nitrogen and oxygen atoms in total. The second-order valence-electron chi connectivity index (χ2n) is 8.58. The summed E-state index contributed by atoms with van der Waals surface area (Å²) in [6, 6.07) is 0. The standard InChI is InChI=1S/C22H18F5N7O3/c1-8(3-28)15-18(24)17(22(25,26)27)16(9-4-30-33-19(9)15)11-6-34-7-13(31-14(34)5-29-11)32-20(35)21(36)37-12-2-10(12)23/h4-8,10,12H,2-3,28H2,1H3,(H,30,33)(H,32,35)/t8-,10+,12+/m1/s1. The number of hydrogen-bond donors (Lipinski definition) is 3. The zero-order valence-corrected chi connectivity index (χ0v) is 18.9. The van der Waals surface area contributed by atoms with E-state index < -0.39 is 53.2 Å². The molecule has 1 aromatic carbocycles. The first-order valence-electron chi connectivity index (χ1n) is 11.0. The number of imidazole rings is 1. The fourth-order valence-electron chi connectivity index (χ4n) is 3.99. The van der Waals surface area contributed by atoms with Gasteiger partial charge in [-0.3, -0.25) is 20.2 Å². The number of fused-ring (bicyclic) bond motifs is 2. The third-order valence-corrected chi connectivity index (χ3v) is 5.95. The van der Waals surface area contributed by atoms with Gasteiger partial charge in [0.2, 0.25) is 0 Å². The van der Waals surface area contributed by atoms with E-state index in [1.165, 1.54) is 17.5 Å². The quantitative estimate of drug-likeness (QED) is 0.207. The molecule has 37 heavy (non-hydrogen) atoms. The zero-order chi connectivity index (χ0) is 26.6. The van der Waals surface area contributed by atoms with Crippen molar-refractivity contribution in [3.63, 3.8) is 0 Å². The average Bonchev–Trinajstić information content (AvgIpc) is 3.20. The molecular weight excluding hydrogens is 505 g/mol. The topological polar surface area (TPSA) is 140 Å². The van der Waals surface area contributed by atoms with E-state index in [0.717, 1.165) is 18.6 Å². The Morgan fingerprint density at radius 1 is 1.32 bits per heavy atom. The summed E-state index contributed by atoms with van der Waals surface area (Å²) in [4.78, 5) is 31.8. The molecule has 1 fully saturated rings. The number of H-pyrrole nitrogens is 1. The zero-order valence-electron chi connectivity index (χ0n) is 18.9. The number of aromatic nitrogens is 5. The number of carbonyl (C=O) groups is 2. The number of esters is 1. The number of benzene rings is 1. The number of rotatable bonds is 5. The molecule has 194 valence electrons. The van der Waals surface area contributed by atoms with E-state index in [1.807, 2.05) is 0 Å². The van der Waals surface area contributed by atoms with Crippen molar-refractivity contribution in [1.29, 1.82) is 0 Å². The smallest absolute Gasteiger partial charge is 0.419 e. The van der Waals surface area contributed by atoms with Crippen molar-refractivity contribution < 1.29 is 36.3 Å². The Morgan fingerprint density at radius 2 is 2.05 bits per heavy atom. The largest absolute Gasteiger partial charge is 0.452 e. The van der Waals surface area contributed by atoms with Crippen molar-refractivity contribution in [2.24, 2.45) is 5.73 Å². The van der Waals surface area contributed by atoms with Gasteiger partial charge in [0, 0.05) is 29.1 Å². The lowest BCUT2D eigenvalue weighted by molar-refractivity contribution is -0.154. The molecule has 0 aliphatic heterocycles. The molecule has 4 aromatic rings. The van der Waals surface area contributed by atoms with Crippen molar-refractivity contribution in [1.82, 2.24) is 24.6 Å². The second-order valence-corrected chi connectivity index (χ2v) is 8.58. The molecule has 5 rings (SSSR count). The van der Waals surface area contributed by atoms with Crippen LogP contribution in [-0.4, -0.2) is 55.3 Å². The Balaban J connectivity index is 1.57. The number of nitrogens with zero attached hydrogens (tertiary/aromatic N) is 4. The van der Waals surface area contributed by atoms with Crippen molar-refractivity contribution in [3.8, 4) is 11.3 Å². The van der Waals surface area contributed by atoms with Crippen molar-refractivity contribution in [3.05, 3.63) is 41.7 Å². The lowest BCUT2D eigenvalue weighted by Crippen LogP contribution is -2.26. The van der Waals surface area contributed by atoms with E-state index in [9.17, 15) is 27.2 Å². The van der Waals surface area contributed by atoms with Gasteiger partial charge < -0.3 is 14.9 Å². The highest BCUT2D eigenvalue weighted by Crippen LogP contribution is 2.45. The monoisotopic (exact) mass is 523 g/mol. The Hall–Kier alpha value is -4.14. The van der Waals surface area contributed by atoms with E-state index in [-0.39, 0.29) is 46.6 Å². The van der Waals surface area contributed by atoms with Gasteiger partial charge in [-0.25, -0.2) is 18.6 Å². The summed E-state index contributed by atoms with van der Waals surface area (Å²) in [5.41, 5.74) is 3.21. The van der Waals surface area contributed by atoms with Gasteiger partial charge in [0.25, 0.3) is 0 Å². The van der Waals surface area contributed by atoms with Crippen LogP contribution in [-0.2, 0) is 20.5 Å². The fraction of sp³-hybridized carbons (Fsp3) is 0.318. The van der Waals surface area contributed by atoms with Crippen molar-refractivity contribution >= 4 is 34.2 Å². The Morgan fingerprint density at radius 3 is 2.70 bits per heavy atom. The Bertz CT molecular complexity index is 1550. The summed E-state index contributed by atoms with van der Waals surface area (Å²) >= 11 is 0. The SMILES string of the molecule is C[C@H](CN)c1c(F)c(C(F)(F)F)c(-c2cn3cc(NC(=O)C(=O)O[C@H]4C[C@@H]4F)nc3cn2)c2cn[nH]c12. The summed E-state index contributed by atoms with van der Waals surface area (Å²) in [5.74, 6) is -4.88. The van der Waals surface area contributed by atoms with Crippen LogP contribution in [0.5, 0.6) is 0 Å². The van der Waals surface area contributed by atoms with E-state index in [2.05, 4.69) is 30.2 Å². The van der Waals surface area contributed by atoms with Gasteiger partial charge in [-0.15, -0.1) is 0 Å². The predicted octanol–water partition coefficient (Wildman–Crippen LogP) is 3.08. The number of alkyl halides is 4. The average molecular weight is 523 g/mol. The molecule has 3 aromatic heterocycles. The number of halogens is 5. The van der Waals surface area contributed by atoms with Gasteiger partial charge in [0.15, 0.2) is 11.5 Å². The molecule has 4 N–H and O–H groups in total. The number of carbonyl (C=O) groups excluding carboxylic acids is 2. The number of ether oxygens (including phenoxy) is 1. The number of aromatic amines is 1. The number of hydrogen-bond acceptors (Lipinski definition) is 7. The number of nitrogens with one attached hydrogen (secondary N) is 2. The van der Waals surface area contributed by atoms with Crippen LogP contribution in [0.2, 0.25) is 0 Å². The Kier molecular flexibility index (Phi) is 5.81. The van der Waals surface area contributed by atoms with Gasteiger partial charge in [0.05, 0.1) is 29.8 Å². The van der Waals surface area contributed by atoms with Crippen molar-refractivity contribution in [2.45, 2.75) is 37.7 Å². The molecule has 3 atom stereocenters. The highest BCUT2D eigenvalue weighted by Gasteiger charge is 2.43. The molecule has 1 amide bonds. The molecule has 0 bridgehead atoms. The van der Waals surface area contributed by atoms with Gasteiger partial charge in [0.1, 0.15) is 23.7 Å². The lowest BCUT2D eigenvalue weighted by atomic mass is 9.90. The molecule has 15 heteroatoms. The molecule has 3 heterocycles. The predicted molar refractivity (Wildman–Crippen MR) is 119 cm³/mol. The minimum absolute atomic E-state index is 0.0123. The first kappa shape index (κ1) is 24.5. The molecule has 0 radical (unpaired) electrons. The van der Waals surface area contributed by atoms with Gasteiger partial charge >= 0.3 is 18.1 Å². The van der Waals surface area contributed by atoms with Gasteiger partial charge in [-0.2, -0.15) is 18.3 Å². The molecule has 1 aliphatic carbocycles. The van der Waals surface area contributed by atoms with E-state index in [4.69, 9.17) is 5.73 Å². The molecular formula is C22H18F5N7O3. The summed E-state index contributed by atoms with van der Waals surface area (Å²) in [7, 11) is 0. The van der Waals surface area contributed by atoms with Crippen LogP contribution in [0.25, 0.3) is 27.8 Å². The maximum Gasteiger partial charge on any atom is 0.419 e. The highest BCUT2D eigenvalue weighted by molar-refractivity contribution is 6.37. The summed E-state index contributed by atoms with van der Waals surface area (Å²) in [6.45, 7) is 1.40. The molecule has 0 saturated heterocycles. The molecule has 1 saturated carbocycles. The van der Waals surface area contributed by atoms with Crippen molar-refractivity contribution in [2.75, 3.05) is 11.9 Å². The maximum atomic E-state index is 15.4. The van der Waals surface area contributed by atoms with E-state index in [0.29, 0.717) is 0 Å². The van der Waals surface area contributed by atoms with Crippen LogP contribution in [0.4, 0.5) is 27.8 Å². The molecule has 0 spiro atoms. The van der Waals surface area contributed by atoms with Crippen LogP contribution in [0.15, 0.2) is 24.8 Å². The maximum absolute atomic E-state index is 15.4. The summed E-state index contributed by atoms with van der Waals surface area (Å²) in [5, 5.41) is 8.52. The Labute approximate surface area is 204 Å². The van der Waals surface area contributed by atoms with E-state index in [1.54, 1.807) is 0 Å².